The molecule has 0 saturated carbocycles. The van der Waals surface area contributed by atoms with Crippen molar-refractivity contribution in [2.24, 2.45) is 0 Å². The molecule has 17 nitrogen and oxygen atoms in total. The number of amides is 1. The van der Waals surface area contributed by atoms with E-state index < -0.39 is 118 Å². The molecule has 6 unspecified atom stereocenters. The van der Waals surface area contributed by atoms with Gasteiger partial charge in [-0.05, 0) is 0 Å². The number of aliphatic hydroxyl groups is 10. The third-order valence-corrected chi connectivity index (χ3v) is 6.50. The molecule has 3 heterocycles. The molecule has 0 bridgehead atoms. The van der Waals surface area contributed by atoms with Gasteiger partial charge in [-0.1, -0.05) is 0 Å². The van der Waals surface area contributed by atoms with Gasteiger partial charge in [-0.15, -0.1) is 0 Å². The quantitative estimate of drug-likeness (QED) is 0.135. The summed E-state index contributed by atoms with van der Waals surface area (Å²) in [6.45, 7) is -1.23. The Morgan fingerprint density at radius 1 is 0.649 bits per heavy atom. The Balaban J connectivity index is 1.80. The lowest BCUT2D eigenvalue weighted by molar-refractivity contribution is -0.375. The summed E-state index contributed by atoms with van der Waals surface area (Å²) in [5, 5.41) is 103. The number of hydrogen-bond acceptors (Lipinski definition) is 16. The van der Waals surface area contributed by atoms with Crippen molar-refractivity contribution < 1.29 is 79.5 Å². The van der Waals surface area contributed by atoms with E-state index in [0.29, 0.717) is 0 Å². The second-order valence-corrected chi connectivity index (χ2v) is 9.07. The minimum Gasteiger partial charge on any atom is -0.394 e. The van der Waals surface area contributed by atoms with Crippen LogP contribution in [0.15, 0.2) is 0 Å². The van der Waals surface area contributed by atoms with Gasteiger partial charge in [0.1, 0.15) is 73.2 Å². The van der Waals surface area contributed by atoms with Crippen LogP contribution in [0, 0.1) is 0 Å². The minimum atomic E-state index is -1.91. The van der Waals surface area contributed by atoms with Crippen molar-refractivity contribution in [3.05, 3.63) is 0 Å². The number of rotatable bonds is 8. The molecule has 3 fully saturated rings. The van der Waals surface area contributed by atoms with Gasteiger partial charge < -0.3 is 80.1 Å². The largest absolute Gasteiger partial charge is 0.394 e. The molecule has 0 radical (unpaired) electrons. The van der Waals surface area contributed by atoms with Crippen molar-refractivity contribution in [3.8, 4) is 0 Å². The van der Waals surface area contributed by atoms with Gasteiger partial charge in [0.2, 0.25) is 5.91 Å². The van der Waals surface area contributed by atoms with Gasteiger partial charge in [0, 0.05) is 6.92 Å². The molecule has 17 heteroatoms. The molecule has 37 heavy (non-hydrogen) atoms. The zero-order valence-electron chi connectivity index (χ0n) is 19.7. The van der Waals surface area contributed by atoms with E-state index in [1.165, 1.54) is 0 Å². The summed E-state index contributed by atoms with van der Waals surface area (Å²) in [5.41, 5.74) is 0. The Hall–Kier alpha value is -1.13. The molecule has 3 aliphatic rings. The Bertz CT molecular complexity index is 745. The summed E-state index contributed by atoms with van der Waals surface area (Å²) in [7, 11) is 0. The maximum atomic E-state index is 11.5. The number of hydrogen-bond donors (Lipinski definition) is 11. The van der Waals surface area contributed by atoms with Gasteiger partial charge in [-0.2, -0.15) is 0 Å². The highest BCUT2D eigenvalue weighted by atomic mass is 16.7. The van der Waals surface area contributed by atoms with Gasteiger partial charge in [0.05, 0.1) is 19.8 Å². The summed E-state index contributed by atoms with van der Waals surface area (Å²) in [5.74, 6) is -0.627. The number of carbonyl (C=O) groups is 1. The molecule has 3 rings (SSSR count). The number of ether oxygens (including phenoxy) is 5. The van der Waals surface area contributed by atoms with E-state index in [0.717, 1.165) is 6.92 Å². The zero-order valence-corrected chi connectivity index (χ0v) is 19.7. The fourth-order valence-corrected chi connectivity index (χ4v) is 4.46. The number of carbonyl (C=O) groups excluding carboxylic acids is 1. The molecule has 216 valence electrons. The topological polar surface area (TPSA) is 278 Å². The maximum absolute atomic E-state index is 11.5. The van der Waals surface area contributed by atoms with Crippen LogP contribution < -0.4 is 5.32 Å². The van der Waals surface area contributed by atoms with Gasteiger partial charge in [-0.25, -0.2) is 0 Å². The van der Waals surface area contributed by atoms with Crippen LogP contribution in [0.3, 0.4) is 0 Å². The maximum Gasteiger partial charge on any atom is 0.217 e. The van der Waals surface area contributed by atoms with E-state index >= 15 is 0 Å². The molecule has 3 aliphatic heterocycles. The lowest BCUT2D eigenvalue weighted by Gasteiger charge is -2.48. The molecule has 1 amide bonds. The molecule has 0 spiro atoms. The highest BCUT2D eigenvalue weighted by Crippen LogP contribution is 2.32. The van der Waals surface area contributed by atoms with Crippen LogP contribution in [0.1, 0.15) is 6.92 Å². The van der Waals surface area contributed by atoms with Crippen molar-refractivity contribution in [3.63, 3.8) is 0 Å². The second kappa shape index (κ2) is 12.8. The molecular weight excluding hydrogens is 510 g/mol. The average Bonchev–Trinajstić information content (AvgIpc) is 2.86. The van der Waals surface area contributed by atoms with E-state index in [2.05, 4.69) is 5.32 Å². The predicted molar refractivity (Wildman–Crippen MR) is 113 cm³/mol. The first-order valence-electron chi connectivity index (χ1n) is 11.6. The summed E-state index contributed by atoms with van der Waals surface area (Å²) < 4.78 is 26.9. The summed E-state index contributed by atoms with van der Waals surface area (Å²) >= 11 is 0. The van der Waals surface area contributed by atoms with Crippen molar-refractivity contribution in [1.82, 2.24) is 5.32 Å². The van der Waals surface area contributed by atoms with E-state index in [-0.39, 0.29) is 0 Å². The predicted octanol–water partition coefficient (Wildman–Crippen LogP) is -7.43. The minimum absolute atomic E-state index is 0.627. The fourth-order valence-electron chi connectivity index (χ4n) is 4.46. The van der Waals surface area contributed by atoms with E-state index in [1.54, 1.807) is 0 Å². The lowest BCUT2D eigenvalue weighted by atomic mass is 9.95. The molecule has 15 atom stereocenters. The number of aliphatic hydroxyl groups excluding tert-OH is 10. The highest BCUT2D eigenvalue weighted by molar-refractivity contribution is 5.73. The van der Waals surface area contributed by atoms with Crippen molar-refractivity contribution >= 4 is 5.91 Å². The van der Waals surface area contributed by atoms with Gasteiger partial charge in [-0.3, -0.25) is 4.79 Å². The van der Waals surface area contributed by atoms with Crippen LogP contribution in [0.4, 0.5) is 0 Å². The van der Waals surface area contributed by atoms with Crippen LogP contribution >= 0.6 is 0 Å². The first-order valence-corrected chi connectivity index (χ1v) is 11.6. The van der Waals surface area contributed by atoms with Crippen molar-refractivity contribution in [2.45, 2.75) is 99.0 Å². The fraction of sp³-hybridized carbons (Fsp3) is 0.950. The van der Waals surface area contributed by atoms with Crippen LogP contribution in [0.5, 0.6) is 0 Å². The van der Waals surface area contributed by atoms with Gasteiger partial charge >= 0.3 is 0 Å². The van der Waals surface area contributed by atoms with Crippen LogP contribution in [0.25, 0.3) is 0 Å². The normalized spacial score (nSPS) is 49.0. The molecule has 0 aliphatic carbocycles. The van der Waals surface area contributed by atoms with Crippen molar-refractivity contribution in [1.29, 1.82) is 0 Å². The summed E-state index contributed by atoms with van der Waals surface area (Å²) in [4.78, 5) is 11.5. The summed E-state index contributed by atoms with van der Waals surface area (Å²) in [6, 6.07) is -1.40. The highest BCUT2D eigenvalue weighted by Gasteiger charge is 2.53. The molecule has 0 aromatic rings. The molecule has 0 aromatic carbocycles. The average molecular weight is 545 g/mol. The van der Waals surface area contributed by atoms with Gasteiger partial charge in [0.25, 0.3) is 0 Å². The van der Waals surface area contributed by atoms with E-state index in [4.69, 9.17) is 23.7 Å². The monoisotopic (exact) mass is 545 g/mol. The summed E-state index contributed by atoms with van der Waals surface area (Å²) in [6.07, 6.45) is -23.4. The second-order valence-electron chi connectivity index (χ2n) is 9.07. The first-order chi connectivity index (χ1) is 17.4. The third kappa shape index (κ3) is 6.38. The number of nitrogens with one attached hydrogen (secondary N) is 1. The van der Waals surface area contributed by atoms with Gasteiger partial charge in [0.15, 0.2) is 18.9 Å². The van der Waals surface area contributed by atoms with Crippen LogP contribution in [-0.4, -0.2) is 169 Å². The Morgan fingerprint density at radius 2 is 1.16 bits per heavy atom. The molecule has 0 aromatic heterocycles. The van der Waals surface area contributed by atoms with E-state index in [9.17, 15) is 55.9 Å². The molecular formula is C20H35NO16. The standard InChI is InChI=1S/C20H35NO16/c1-5(25)21-9-12(28)16(8(4-24)33-18(9)32)36-20-15(31)17(11(27)7(3-23)35-20)37-19-14(30)13(29)10(26)6(2-22)34-19/h6-20,22-24,26-32H,2-4H2,1H3,(H,21,25)/t6?,7?,8?,9?,10-,11-,12+,13-,14?,15?,16+,17-,18+,19+,20-/m0/s1. The third-order valence-electron chi connectivity index (χ3n) is 6.50. The molecule has 3 saturated heterocycles. The van der Waals surface area contributed by atoms with Crippen molar-refractivity contribution in [2.75, 3.05) is 19.8 Å². The zero-order chi connectivity index (χ0) is 27.6. The Kier molecular flexibility index (Phi) is 10.5. The Morgan fingerprint density at radius 3 is 1.70 bits per heavy atom. The van der Waals surface area contributed by atoms with E-state index in [1.807, 2.05) is 0 Å². The molecule has 11 N–H and O–H groups in total. The lowest BCUT2D eigenvalue weighted by Crippen LogP contribution is -2.68. The Labute approximate surface area is 210 Å². The van der Waals surface area contributed by atoms with Crippen LogP contribution in [0.2, 0.25) is 0 Å². The van der Waals surface area contributed by atoms with Crippen LogP contribution in [-0.2, 0) is 28.5 Å². The first kappa shape index (κ1) is 30.4. The smallest absolute Gasteiger partial charge is 0.217 e. The SMILES string of the molecule is CC(=O)NC1[C@H](O)OC(CO)[C@@H](O[C@@H]2OC(CO)[C@H](O)[C@H](O[C@H]3OC(CO)[C@H](O)[C@H](O)C3O)C2O)[C@@H]1O.